The number of para-hydroxylation sites is 1. The number of anilines is 1. The third-order valence-corrected chi connectivity index (χ3v) is 3.43. The lowest BCUT2D eigenvalue weighted by Gasteiger charge is -2.30. The van der Waals surface area contributed by atoms with Crippen molar-refractivity contribution in [1.82, 2.24) is 4.98 Å². The predicted molar refractivity (Wildman–Crippen MR) is 83.9 cm³/mol. The van der Waals surface area contributed by atoms with E-state index in [4.69, 9.17) is 0 Å². The van der Waals surface area contributed by atoms with E-state index in [0.717, 1.165) is 16.7 Å². The molecule has 2 rings (SSSR count). The Bertz CT molecular complexity index is 614. The molecule has 0 aliphatic carbocycles. The molecule has 2 aromatic rings. The Labute approximate surface area is 120 Å². The Morgan fingerprint density at radius 3 is 2.55 bits per heavy atom. The van der Waals surface area contributed by atoms with E-state index in [-0.39, 0.29) is 17.2 Å². The molecule has 1 N–H and O–H groups in total. The summed E-state index contributed by atoms with van der Waals surface area (Å²) >= 11 is 0. The van der Waals surface area contributed by atoms with Gasteiger partial charge >= 0.3 is 0 Å². The summed E-state index contributed by atoms with van der Waals surface area (Å²) in [6, 6.07) is 11.7. The highest BCUT2D eigenvalue weighted by molar-refractivity contribution is 5.87. The molecule has 1 aromatic heterocycles. The number of pyridine rings is 1. The van der Waals surface area contributed by atoms with Gasteiger partial charge in [-0.1, -0.05) is 45.9 Å². The Kier molecular flexibility index (Phi) is 4.07. The second kappa shape index (κ2) is 5.61. The van der Waals surface area contributed by atoms with Crippen LogP contribution in [-0.2, 0) is 4.79 Å². The number of fused-ring (bicyclic) bond motifs is 1. The maximum atomic E-state index is 12.1. The molecule has 3 heteroatoms. The average Bonchev–Trinajstić information content (AvgIpc) is 2.42. The first kappa shape index (κ1) is 14.5. The highest BCUT2D eigenvalue weighted by Gasteiger charge is 2.30. The molecule has 0 radical (unpaired) electrons. The monoisotopic (exact) mass is 270 g/mol. The minimum absolute atomic E-state index is 0.138. The van der Waals surface area contributed by atoms with Gasteiger partial charge in [0.2, 0.25) is 0 Å². The third kappa shape index (κ3) is 3.16. The zero-order valence-corrected chi connectivity index (χ0v) is 12.6. The number of ketones is 1. The maximum absolute atomic E-state index is 12.1. The van der Waals surface area contributed by atoms with Crippen LogP contribution in [0.4, 0.5) is 5.82 Å². The fourth-order valence-electron chi connectivity index (χ4n) is 2.28. The third-order valence-electron chi connectivity index (χ3n) is 3.43. The van der Waals surface area contributed by atoms with Crippen molar-refractivity contribution in [3.63, 3.8) is 0 Å². The van der Waals surface area contributed by atoms with Gasteiger partial charge in [-0.05, 0) is 23.6 Å². The number of carbonyl (C=O) groups excluding carboxylic acids is 1. The minimum Gasteiger partial charge on any atom is -0.360 e. The largest absolute Gasteiger partial charge is 0.360 e. The number of rotatable bonds is 4. The number of hydrogen-bond acceptors (Lipinski definition) is 3. The van der Waals surface area contributed by atoms with Crippen LogP contribution < -0.4 is 5.32 Å². The summed E-state index contributed by atoms with van der Waals surface area (Å²) in [4.78, 5) is 16.7. The molecule has 0 fully saturated rings. The molecule has 0 unspecified atom stereocenters. The lowest BCUT2D eigenvalue weighted by atomic mass is 9.83. The summed E-state index contributed by atoms with van der Waals surface area (Å²) < 4.78 is 0. The second-order valence-corrected chi connectivity index (χ2v) is 6.15. The van der Waals surface area contributed by atoms with Crippen molar-refractivity contribution < 1.29 is 4.79 Å². The Morgan fingerprint density at radius 2 is 1.90 bits per heavy atom. The summed E-state index contributed by atoms with van der Waals surface area (Å²) in [6.07, 6.45) is 0.530. The van der Waals surface area contributed by atoms with Crippen LogP contribution in [0, 0.1) is 5.41 Å². The molecule has 0 spiro atoms. The van der Waals surface area contributed by atoms with Crippen LogP contribution in [0.2, 0.25) is 0 Å². The zero-order chi connectivity index (χ0) is 14.8. The molecular formula is C17H22N2O. The van der Waals surface area contributed by atoms with Crippen LogP contribution in [0.15, 0.2) is 36.4 Å². The smallest absolute Gasteiger partial charge is 0.155 e. The van der Waals surface area contributed by atoms with E-state index >= 15 is 0 Å². The van der Waals surface area contributed by atoms with Gasteiger partial charge in [0.15, 0.2) is 5.78 Å². The van der Waals surface area contributed by atoms with Gasteiger partial charge in [-0.3, -0.25) is 4.79 Å². The number of Topliss-reactive ketones (excluding diaryl/α,β-unsaturated/α-hetero) is 1. The number of benzene rings is 1. The molecule has 20 heavy (non-hydrogen) atoms. The summed E-state index contributed by atoms with van der Waals surface area (Å²) in [6.45, 7) is 8.11. The van der Waals surface area contributed by atoms with E-state index in [2.05, 4.69) is 31.1 Å². The fraction of sp³-hybridized carbons (Fsp3) is 0.412. The van der Waals surface area contributed by atoms with Crippen molar-refractivity contribution in [2.24, 2.45) is 5.41 Å². The summed E-state index contributed by atoms with van der Waals surface area (Å²) in [7, 11) is 0. The van der Waals surface area contributed by atoms with E-state index in [1.165, 1.54) is 0 Å². The SMILES string of the molecule is CCC(=O)[C@@H](Nc1ccc2ccccc2n1)C(C)(C)C. The van der Waals surface area contributed by atoms with Crippen LogP contribution in [0.5, 0.6) is 0 Å². The Morgan fingerprint density at radius 1 is 1.20 bits per heavy atom. The van der Waals surface area contributed by atoms with E-state index in [1.54, 1.807) is 0 Å². The molecule has 0 aliphatic heterocycles. The molecule has 1 heterocycles. The first-order valence-electron chi connectivity index (χ1n) is 7.07. The minimum atomic E-state index is -0.221. The van der Waals surface area contributed by atoms with Gasteiger partial charge in [0.05, 0.1) is 11.6 Å². The van der Waals surface area contributed by atoms with Gasteiger partial charge in [0, 0.05) is 11.8 Å². The molecule has 0 saturated carbocycles. The molecule has 0 bridgehead atoms. The highest BCUT2D eigenvalue weighted by atomic mass is 16.1. The van der Waals surface area contributed by atoms with E-state index < -0.39 is 0 Å². The molecule has 1 atom stereocenters. The van der Waals surface area contributed by atoms with Crippen molar-refractivity contribution in [2.45, 2.75) is 40.2 Å². The van der Waals surface area contributed by atoms with E-state index in [0.29, 0.717) is 6.42 Å². The number of carbonyl (C=O) groups is 1. The lowest BCUT2D eigenvalue weighted by Crippen LogP contribution is -2.41. The topological polar surface area (TPSA) is 42.0 Å². The molecule has 3 nitrogen and oxygen atoms in total. The van der Waals surface area contributed by atoms with Gasteiger partial charge in [-0.15, -0.1) is 0 Å². The summed E-state index contributed by atoms with van der Waals surface area (Å²) in [5.41, 5.74) is 0.801. The van der Waals surface area contributed by atoms with Crippen LogP contribution in [0.1, 0.15) is 34.1 Å². The average molecular weight is 270 g/mol. The molecule has 0 amide bonds. The highest BCUT2D eigenvalue weighted by Crippen LogP contribution is 2.25. The second-order valence-electron chi connectivity index (χ2n) is 6.15. The van der Waals surface area contributed by atoms with Gasteiger partial charge in [0.25, 0.3) is 0 Å². The summed E-state index contributed by atoms with van der Waals surface area (Å²) in [5.74, 6) is 0.970. The fourth-order valence-corrected chi connectivity index (χ4v) is 2.28. The van der Waals surface area contributed by atoms with Crippen molar-refractivity contribution in [1.29, 1.82) is 0 Å². The lowest BCUT2D eigenvalue weighted by molar-refractivity contribution is -0.121. The maximum Gasteiger partial charge on any atom is 0.155 e. The van der Waals surface area contributed by atoms with Gasteiger partial charge in [0.1, 0.15) is 5.82 Å². The van der Waals surface area contributed by atoms with Crippen LogP contribution in [0.25, 0.3) is 10.9 Å². The number of nitrogens with zero attached hydrogens (tertiary/aromatic N) is 1. The Hall–Kier alpha value is -1.90. The zero-order valence-electron chi connectivity index (χ0n) is 12.6. The van der Waals surface area contributed by atoms with E-state index in [1.807, 2.05) is 43.3 Å². The van der Waals surface area contributed by atoms with Gasteiger partial charge < -0.3 is 5.32 Å². The molecule has 0 saturated heterocycles. The number of hydrogen-bond donors (Lipinski definition) is 1. The number of aromatic nitrogens is 1. The van der Waals surface area contributed by atoms with Gasteiger partial charge in [-0.25, -0.2) is 4.98 Å². The van der Waals surface area contributed by atoms with Crippen LogP contribution in [-0.4, -0.2) is 16.8 Å². The van der Waals surface area contributed by atoms with Crippen molar-refractivity contribution in [3.05, 3.63) is 36.4 Å². The molecular weight excluding hydrogens is 248 g/mol. The van der Waals surface area contributed by atoms with E-state index in [9.17, 15) is 4.79 Å². The predicted octanol–water partition coefficient (Wildman–Crippen LogP) is 4.04. The van der Waals surface area contributed by atoms with Crippen molar-refractivity contribution in [3.8, 4) is 0 Å². The normalized spacial score (nSPS) is 13.2. The van der Waals surface area contributed by atoms with Crippen LogP contribution in [0.3, 0.4) is 0 Å². The number of nitrogens with one attached hydrogen (secondary N) is 1. The quantitative estimate of drug-likeness (QED) is 0.911. The Balaban J connectivity index is 2.31. The van der Waals surface area contributed by atoms with Gasteiger partial charge in [-0.2, -0.15) is 0 Å². The molecule has 1 aromatic carbocycles. The van der Waals surface area contributed by atoms with Crippen molar-refractivity contribution >= 4 is 22.5 Å². The molecule has 106 valence electrons. The van der Waals surface area contributed by atoms with Crippen LogP contribution >= 0.6 is 0 Å². The molecule has 0 aliphatic rings. The first-order chi connectivity index (χ1) is 9.41. The standard InChI is InChI=1S/C17H22N2O/c1-5-14(20)16(17(2,3)4)19-15-11-10-12-8-6-7-9-13(12)18-15/h6-11,16H,5H2,1-4H3,(H,18,19)/t16-/m1/s1. The van der Waals surface area contributed by atoms with Crippen molar-refractivity contribution in [2.75, 3.05) is 5.32 Å². The first-order valence-corrected chi connectivity index (χ1v) is 7.07. The summed E-state index contributed by atoms with van der Waals surface area (Å²) in [5, 5.41) is 4.40.